The number of carboxylic acids is 1. The van der Waals surface area contributed by atoms with E-state index in [1.54, 1.807) is 26.4 Å². The lowest BCUT2D eigenvalue weighted by molar-refractivity contribution is -0.441. The van der Waals surface area contributed by atoms with E-state index < -0.39 is 37.0 Å². The molecule has 2 heterocycles. The van der Waals surface area contributed by atoms with Gasteiger partial charge in [-0.2, -0.15) is 21.4 Å². The summed E-state index contributed by atoms with van der Waals surface area (Å²) >= 11 is 0. The molecule has 2 aliphatic heterocycles. The van der Waals surface area contributed by atoms with Gasteiger partial charge in [0.2, 0.25) is 5.69 Å². The van der Waals surface area contributed by atoms with Gasteiger partial charge < -0.3 is 19.5 Å². The lowest BCUT2D eigenvalue weighted by Crippen LogP contribution is -2.30. The standard InChI is InChI=1S/C36H46N2O10S2/c1-35(2)28-24-26(49(41,42)43)15-17-30(28)38(21-23-48-5)32(35)12-8-6-9-13-33-36(3,19-22-47-4)29-25-27(50(44,45)46)16-18-31(29)37(33)20-11-7-10-14-34(39)40/h6,8-9,12-13,15-18,24-25H,7,10-11,14,19-23H2,1-5H3,(H2-,39,40,41,42,43,44,45,46)/p+1. The van der Waals surface area contributed by atoms with Crippen LogP contribution < -0.4 is 4.90 Å². The molecular formula is C36H47N2O10S2+. The van der Waals surface area contributed by atoms with Crippen LogP contribution in [0.3, 0.4) is 0 Å². The molecule has 1 atom stereocenters. The van der Waals surface area contributed by atoms with E-state index in [-0.39, 0.29) is 16.2 Å². The Bertz CT molecular complexity index is 1950. The highest BCUT2D eigenvalue weighted by atomic mass is 32.2. The van der Waals surface area contributed by atoms with Crippen LogP contribution in [-0.2, 0) is 45.3 Å². The molecule has 14 heteroatoms. The highest BCUT2D eigenvalue weighted by Crippen LogP contribution is 2.51. The Kier molecular flexibility index (Phi) is 12.3. The molecule has 4 rings (SSSR count). The summed E-state index contributed by atoms with van der Waals surface area (Å²) in [6, 6.07) is 9.19. The Hall–Kier alpha value is -3.66. The van der Waals surface area contributed by atoms with E-state index >= 15 is 0 Å². The van der Waals surface area contributed by atoms with Crippen LogP contribution in [0.15, 0.2) is 82.3 Å². The summed E-state index contributed by atoms with van der Waals surface area (Å²) in [6.07, 6.45) is 12.2. The Morgan fingerprint density at radius 1 is 0.860 bits per heavy atom. The summed E-state index contributed by atoms with van der Waals surface area (Å²) in [4.78, 5) is 12.8. The minimum absolute atomic E-state index is 0.0864. The number of hydrogen-bond donors (Lipinski definition) is 3. The highest BCUT2D eigenvalue weighted by molar-refractivity contribution is 7.86. The van der Waals surface area contributed by atoms with Gasteiger partial charge in [0.1, 0.15) is 6.61 Å². The molecule has 0 saturated heterocycles. The molecule has 12 nitrogen and oxygen atoms in total. The van der Waals surface area contributed by atoms with E-state index in [4.69, 9.17) is 14.6 Å². The van der Waals surface area contributed by atoms with Crippen LogP contribution in [0.5, 0.6) is 0 Å². The number of methoxy groups -OCH3 is 2. The second-order valence-electron chi connectivity index (χ2n) is 13.2. The third-order valence-corrected chi connectivity index (χ3v) is 11.2. The molecule has 0 spiro atoms. The molecule has 0 aliphatic carbocycles. The fourth-order valence-corrected chi connectivity index (χ4v) is 7.83. The third-order valence-electron chi connectivity index (χ3n) is 9.50. The van der Waals surface area contributed by atoms with Crippen LogP contribution in [0.4, 0.5) is 11.4 Å². The number of rotatable bonds is 17. The number of carboxylic acid groups (broad SMARTS) is 1. The van der Waals surface area contributed by atoms with Gasteiger partial charge >= 0.3 is 5.97 Å². The van der Waals surface area contributed by atoms with Crippen molar-refractivity contribution in [3.05, 3.63) is 83.6 Å². The van der Waals surface area contributed by atoms with Crippen LogP contribution >= 0.6 is 0 Å². The number of allylic oxidation sites excluding steroid dienone is 6. The predicted molar refractivity (Wildman–Crippen MR) is 191 cm³/mol. The second kappa shape index (κ2) is 15.7. The first-order chi connectivity index (χ1) is 23.5. The average molecular weight is 732 g/mol. The minimum Gasteiger partial charge on any atom is -0.481 e. The number of unbranched alkanes of at least 4 members (excludes halogenated alkanes) is 2. The van der Waals surface area contributed by atoms with Gasteiger partial charge in [-0.3, -0.25) is 13.9 Å². The molecule has 0 amide bonds. The van der Waals surface area contributed by atoms with Gasteiger partial charge in [0.15, 0.2) is 12.3 Å². The van der Waals surface area contributed by atoms with Gasteiger partial charge in [0, 0.05) is 68.3 Å². The molecule has 1 unspecified atom stereocenters. The molecular weight excluding hydrogens is 685 g/mol. The van der Waals surface area contributed by atoms with Gasteiger partial charge in [-0.1, -0.05) is 24.6 Å². The van der Waals surface area contributed by atoms with Crippen LogP contribution in [0.2, 0.25) is 0 Å². The molecule has 2 aromatic carbocycles. The van der Waals surface area contributed by atoms with Crippen molar-refractivity contribution in [3.8, 4) is 0 Å². The van der Waals surface area contributed by atoms with Crippen molar-refractivity contribution in [3.63, 3.8) is 0 Å². The van der Waals surface area contributed by atoms with Gasteiger partial charge in [0.25, 0.3) is 20.2 Å². The highest BCUT2D eigenvalue weighted by Gasteiger charge is 2.45. The second-order valence-corrected chi connectivity index (χ2v) is 16.0. The number of ether oxygens (including phenoxy) is 2. The van der Waals surface area contributed by atoms with E-state index in [0.29, 0.717) is 52.0 Å². The van der Waals surface area contributed by atoms with Gasteiger partial charge in [-0.05, 0) is 82.0 Å². The summed E-state index contributed by atoms with van der Waals surface area (Å²) in [6.45, 7) is 7.91. The SMILES string of the molecule is COCC[N+]1=C(/C=C/C=C/C=C2/N(CCCCCC(=O)O)c3ccc(S(=O)(=O)O)cc3C2(C)CCOC)C(C)(C)c2cc(S(=O)(=O)O)ccc21. The zero-order chi connectivity index (χ0) is 36.9. The molecule has 2 aliphatic rings. The first kappa shape index (κ1) is 39.1. The number of carbonyl (C=O) groups is 1. The Morgan fingerprint density at radius 2 is 1.50 bits per heavy atom. The first-order valence-electron chi connectivity index (χ1n) is 16.4. The topological polar surface area (TPSA) is 171 Å². The first-order valence-corrected chi connectivity index (χ1v) is 19.3. The normalized spacial score (nSPS) is 19.7. The maximum Gasteiger partial charge on any atom is 0.303 e. The fourth-order valence-electron chi connectivity index (χ4n) is 6.82. The lowest BCUT2D eigenvalue weighted by atomic mass is 9.78. The summed E-state index contributed by atoms with van der Waals surface area (Å²) in [5, 5.41) is 9.06. The minimum atomic E-state index is -4.45. The summed E-state index contributed by atoms with van der Waals surface area (Å²) in [5.74, 6) is -0.840. The van der Waals surface area contributed by atoms with Crippen molar-refractivity contribution in [2.45, 2.75) is 73.5 Å². The predicted octanol–water partition coefficient (Wildman–Crippen LogP) is 5.66. The molecule has 0 saturated carbocycles. The summed E-state index contributed by atoms with van der Waals surface area (Å²) in [7, 11) is -5.63. The van der Waals surface area contributed by atoms with Crippen molar-refractivity contribution < 1.29 is 49.9 Å². The Morgan fingerprint density at radius 3 is 2.12 bits per heavy atom. The number of anilines is 1. The molecule has 0 fully saturated rings. The molecule has 0 radical (unpaired) electrons. The largest absolute Gasteiger partial charge is 0.481 e. The van der Waals surface area contributed by atoms with Gasteiger partial charge in [-0.15, -0.1) is 0 Å². The summed E-state index contributed by atoms with van der Waals surface area (Å²) in [5.41, 5.74) is 3.68. The van der Waals surface area contributed by atoms with Gasteiger partial charge in [0.05, 0.1) is 15.2 Å². The number of aliphatic carboxylic acids is 1. The molecule has 0 bridgehead atoms. The monoisotopic (exact) mass is 731 g/mol. The van der Waals surface area contributed by atoms with E-state index in [1.807, 2.05) is 51.2 Å². The average Bonchev–Trinajstić information content (AvgIpc) is 3.40. The van der Waals surface area contributed by atoms with Crippen LogP contribution in [0.1, 0.15) is 64.0 Å². The molecule has 3 N–H and O–H groups in total. The number of nitrogens with zero attached hydrogens (tertiary/aromatic N) is 2. The van der Waals surface area contributed by atoms with Crippen LogP contribution in [-0.4, -0.2) is 87.8 Å². The van der Waals surface area contributed by atoms with Gasteiger partial charge in [-0.25, -0.2) is 0 Å². The zero-order valence-electron chi connectivity index (χ0n) is 29.1. The maximum atomic E-state index is 12.1. The fraction of sp³-hybridized carbons (Fsp3) is 0.444. The molecule has 2 aromatic rings. The lowest BCUT2D eigenvalue weighted by Gasteiger charge is -2.30. The molecule has 50 heavy (non-hydrogen) atoms. The zero-order valence-corrected chi connectivity index (χ0v) is 30.8. The van der Waals surface area contributed by atoms with Crippen LogP contribution in [0.25, 0.3) is 0 Å². The Labute approximate surface area is 294 Å². The number of benzene rings is 2. The van der Waals surface area contributed by atoms with E-state index in [1.165, 1.54) is 24.3 Å². The smallest absolute Gasteiger partial charge is 0.303 e. The van der Waals surface area contributed by atoms with Crippen molar-refractivity contribution in [1.29, 1.82) is 0 Å². The van der Waals surface area contributed by atoms with E-state index in [9.17, 15) is 30.7 Å². The van der Waals surface area contributed by atoms with E-state index in [2.05, 4.69) is 9.48 Å². The Balaban J connectivity index is 1.72. The summed E-state index contributed by atoms with van der Waals surface area (Å²) < 4.78 is 80.5. The van der Waals surface area contributed by atoms with Crippen molar-refractivity contribution in [1.82, 2.24) is 0 Å². The quantitative estimate of drug-likeness (QED) is 0.0794. The van der Waals surface area contributed by atoms with Crippen molar-refractivity contribution in [2.24, 2.45) is 0 Å². The number of hydrogen-bond acceptors (Lipinski definition) is 8. The third kappa shape index (κ3) is 8.44. The van der Waals surface area contributed by atoms with Crippen LogP contribution in [0, 0.1) is 0 Å². The maximum absolute atomic E-state index is 12.1. The molecule has 272 valence electrons. The van der Waals surface area contributed by atoms with E-state index in [0.717, 1.165) is 33.9 Å². The molecule has 0 aromatic heterocycles. The van der Waals surface area contributed by atoms with Crippen molar-refractivity contribution >= 4 is 43.3 Å². The van der Waals surface area contributed by atoms with Crippen molar-refractivity contribution in [2.75, 3.05) is 45.4 Å². The number of fused-ring (bicyclic) bond motifs is 2.